The van der Waals surface area contributed by atoms with Gasteiger partial charge in [-0.2, -0.15) is 5.10 Å². The largest absolute Gasteiger partial charge is 0.271 e. The van der Waals surface area contributed by atoms with Gasteiger partial charge in [-0.3, -0.25) is 16.0 Å². The lowest BCUT2D eigenvalue weighted by Gasteiger charge is -2.17. The Morgan fingerprint density at radius 1 is 1.25 bits per heavy atom. The average molecular weight is 272 g/mol. The molecule has 108 valence electrons. The molecule has 0 aliphatic rings. The molecule has 1 unspecified atom stereocenters. The third-order valence-electron chi connectivity index (χ3n) is 3.54. The van der Waals surface area contributed by atoms with Gasteiger partial charge >= 0.3 is 0 Å². The van der Waals surface area contributed by atoms with E-state index in [0.717, 1.165) is 32.2 Å². The molecule has 0 saturated heterocycles. The van der Waals surface area contributed by atoms with Crippen molar-refractivity contribution in [2.45, 2.75) is 45.2 Å². The maximum Gasteiger partial charge on any atom is 0.0629 e. The van der Waals surface area contributed by atoms with Crippen LogP contribution in [0.3, 0.4) is 0 Å². The maximum absolute atomic E-state index is 5.72. The molecule has 0 aliphatic carbocycles. The lowest BCUT2D eigenvalue weighted by Crippen LogP contribution is -2.30. The van der Waals surface area contributed by atoms with E-state index in [9.17, 15) is 0 Å². The smallest absolute Gasteiger partial charge is 0.0629 e. The standard InChI is InChI=1S/C16H24N4/c1-2-13-20-16(11-12-18-20)15(19-17)10-6-9-14-7-4-3-5-8-14/h3-5,7-8,11-12,15,19H,2,6,9-10,13,17H2,1H3. The minimum Gasteiger partial charge on any atom is -0.271 e. The van der Waals surface area contributed by atoms with Crippen LogP contribution in [-0.2, 0) is 13.0 Å². The van der Waals surface area contributed by atoms with Crippen molar-refractivity contribution in [1.29, 1.82) is 0 Å². The molecule has 1 aromatic carbocycles. The van der Waals surface area contributed by atoms with Gasteiger partial charge in [0.15, 0.2) is 0 Å². The molecule has 20 heavy (non-hydrogen) atoms. The SMILES string of the molecule is CCCn1nccc1C(CCCc1ccccc1)NN. The molecule has 2 rings (SSSR count). The number of nitrogens with zero attached hydrogens (tertiary/aromatic N) is 2. The summed E-state index contributed by atoms with van der Waals surface area (Å²) in [5.74, 6) is 5.72. The molecule has 1 aromatic heterocycles. The highest BCUT2D eigenvalue weighted by atomic mass is 15.3. The fourth-order valence-electron chi connectivity index (χ4n) is 2.51. The maximum atomic E-state index is 5.72. The van der Waals surface area contributed by atoms with E-state index in [2.05, 4.69) is 53.8 Å². The van der Waals surface area contributed by atoms with Crippen LogP contribution in [0.5, 0.6) is 0 Å². The van der Waals surface area contributed by atoms with Gasteiger partial charge in [0, 0.05) is 12.7 Å². The Hall–Kier alpha value is -1.65. The summed E-state index contributed by atoms with van der Waals surface area (Å²) in [4.78, 5) is 0. The fraction of sp³-hybridized carbons (Fsp3) is 0.438. The van der Waals surface area contributed by atoms with Crippen LogP contribution in [0.2, 0.25) is 0 Å². The summed E-state index contributed by atoms with van der Waals surface area (Å²) in [5.41, 5.74) is 5.49. The normalized spacial score (nSPS) is 12.5. The van der Waals surface area contributed by atoms with Gasteiger partial charge in [0.05, 0.1) is 11.7 Å². The zero-order valence-corrected chi connectivity index (χ0v) is 12.1. The van der Waals surface area contributed by atoms with Crippen LogP contribution in [0.4, 0.5) is 0 Å². The van der Waals surface area contributed by atoms with Crippen LogP contribution < -0.4 is 11.3 Å². The average Bonchev–Trinajstić information content (AvgIpc) is 2.93. The molecule has 3 N–H and O–H groups in total. The molecule has 4 heteroatoms. The highest BCUT2D eigenvalue weighted by Crippen LogP contribution is 2.19. The first kappa shape index (κ1) is 14.8. The molecular weight excluding hydrogens is 248 g/mol. The molecule has 0 spiro atoms. The third-order valence-corrected chi connectivity index (χ3v) is 3.54. The van der Waals surface area contributed by atoms with Crippen molar-refractivity contribution < 1.29 is 0 Å². The van der Waals surface area contributed by atoms with Crippen LogP contribution in [0.15, 0.2) is 42.6 Å². The Bertz CT molecular complexity index is 492. The second-order valence-electron chi connectivity index (χ2n) is 5.08. The lowest BCUT2D eigenvalue weighted by atomic mass is 10.0. The van der Waals surface area contributed by atoms with Crippen molar-refractivity contribution in [1.82, 2.24) is 15.2 Å². The van der Waals surface area contributed by atoms with Gasteiger partial charge in [0.2, 0.25) is 0 Å². The summed E-state index contributed by atoms with van der Waals surface area (Å²) in [6.07, 6.45) is 6.14. The highest BCUT2D eigenvalue weighted by molar-refractivity contribution is 5.15. The van der Waals surface area contributed by atoms with Crippen LogP contribution in [0.1, 0.15) is 43.5 Å². The van der Waals surface area contributed by atoms with E-state index in [1.54, 1.807) is 0 Å². The molecule has 0 radical (unpaired) electrons. The van der Waals surface area contributed by atoms with Gasteiger partial charge in [-0.05, 0) is 37.3 Å². The zero-order chi connectivity index (χ0) is 14.2. The number of aromatic nitrogens is 2. The number of hydrogen-bond acceptors (Lipinski definition) is 3. The molecule has 2 aromatic rings. The summed E-state index contributed by atoms with van der Waals surface area (Å²) >= 11 is 0. The predicted octanol–water partition coefficient (Wildman–Crippen LogP) is 2.82. The van der Waals surface area contributed by atoms with Gasteiger partial charge in [-0.15, -0.1) is 0 Å². The third kappa shape index (κ3) is 3.92. The van der Waals surface area contributed by atoms with Gasteiger partial charge in [-0.25, -0.2) is 0 Å². The van der Waals surface area contributed by atoms with Gasteiger partial charge in [0.25, 0.3) is 0 Å². The number of rotatable bonds is 8. The molecule has 4 nitrogen and oxygen atoms in total. The van der Waals surface area contributed by atoms with Crippen molar-refractivity contribution in [3.63, 3.8) is 0 Å². The number of hydrazine groups is 1. The number of nitrogens with two attached hydrogens (primary N) is 1. The topological polar surface area (TPSA) is 55.9 Å². The molecule has 0 amide bonds. The van der Waals surface area contributed by atoms with Crippen molar-refractivity contribution in [2.24, 2.45) is 5.84 Å². The Morgan fingerprint density at radius 2 is 2.05 bits per heavy atom. The van der Waals surface area contributed by atoms with E-state index in [-0.39, 0.29) is 6.04 Å². The first-order valence-electron chi connectivity index (χ1n) is 7.37. The summed E-state index contributed by atoms with van der Waals surface area (Å²) in [6.45, 7) is 3.10. The summed E-state index contributed by atoms with van der Waals surface area (Å²) in [5, 5.41) is 4.36. The quantitative estimate of drug-likeness (QED) is 0.574. The van der Waals surface area contributed by atoms with Gasteiger partial charge < -0.3 is 0 Å². The number of nitrogens with one attached hydrogen (secondary N) is 1. The van der Waals surface area contributed by atoms with Crippen LogP contribution >= 0.6 is 0 Å². The Balaban J connectivity index is 1.90. The molecule has 0 aliphatic heterocycles. The van der Waals surface area contributed by atoms with Crippen molar-refractivity contribution in [3.8, 4) is 0 Å². The minimum absolute atomic E-state index is 0.174. The first-order valence-corrected chi connectivity index (χ1v) is 7.37. The van der Waals surface area contributed by atoms with E-state index in [1.807, 2.05) is 10.9 Å². The Kier molecular flexibility index (Phi) is 5.77. The van der Waals surface area contributed by atoms with Crippen LogP contribution in [0, 0.1) is 0 Å². The predicted molar refractivity (Wildman–Crippen MR) is 82.0 cm³/mol. The number of aryl methyl sites for hydroxylation is 2. The van der Waals surface area contributed by atoms with Crippen molar-refractivity contribution in [2.75, 3.05) is 0 Å². The van der Waals surface area contributed by atoms with Gasteiger partial charge in [-0.1, -0.05) is 37.3 Å². The highest BCUT2D eigenvalue weighted by Gasteiger charge is 2.14. The molecule has 1 heterocycles. The fourth-order valence-corrected chi connectivity index (χ4v) is 2.51. The Morgan fingerprint density at radius 3 is 2.75 bits per heavy atom. The zero-order valence-electron chi connectivity index (χ0n) is 12.1. The lowest BCUT2D eigenvalue weighted by molar-refractivity contribution is 0.447. The second kappa shape index (κ2) is 7.82. The van der Waals surface area contributed by atoms with Crippen LogP contribution in [0.25, 0.3) is 0 Å². The van der Waals surface area contributed by atoms with E-state index in [4.69, 9.17) is 5.84 Å². The van der Waals surface area contributed by atoms with Crippen molar-refractivity contribution >= 4 is 0 Å². The molecule has 0 saturated carbocycles. The summed E-state index contributed by atoms with van der Waals surface area (Å²) in [7, 11) is 0. The van der Waals surface area contributed by atoms with E-state index in [0.29, 0.717) is 0 Å². The first-order chi connectivity index (χ1) is 9.85. The number of hydrogen-bond donors (Lipinski definition) is 2. The molecule has 1 atom stereocenters. The minimum atomic E-state index is 0.174. The summed E-state index contributed by atoms with van der Waals surface area (Å²) < 4.78 is 2.05. The van der Waals surface area contributed by atoms with E-state index >= 15 is 0 Å². The molecular formula is C16H24N4. The Labute approximate surface area is 121 Å². The monoisotopic (exact) mass is 272 g/mol. The molecule has 0 fully saturated rings. The van der Waals surface area contributed by atoms with Crippen molar-refractivity contribution in [3.05, 3.63) is 53.9 Å². The van der Waals surface area contributed by atoms with E-state index in [1.165, 1.54) is 11.3 Å². The van der Waals surface area contributed by atoms with Gasteiger partial charge in [0.1, 0.15) is 0 Å². The van der Waals surface area contributed by atoms with Crippen LogP contribution in [-0.4, -0.2) is 9.78 Å². The number of benzene rings is 1. The molecule has 0 bridgehead atoms. The second-order valence-corrected chi connectivity index (χ2v) is 5.08. The van der Waals surface area contributed by atoms with E-state index < -0.39 is 0 Å². The summed E-state index contributed by atoms with van der Waals surface area (Å²) in [6, 6.07) is 12.8.